The predicted octanol–water partition coefficient (Wildman–Crippen LogP) is 2.93. The summed E-state index contributed by atoms with van der Waals surface area (Å²) in [5, 5.41) is 24.8. The van der Waals surface area contributed by atoms with Crippen LogP contribution in [0.3, 0.4) is 0 Å². The molecule has 2 atom stereocenters. The van der Waals surface area contributed by atoms with Crippen LogP contribution in [0, 0.1) is 5.21 Å². The third-order valence-corrected chi connectivity index (χ3v) is 5.82. The van der Waals surface area contributed by atoms with Gasteiger partial charge in [-0.3, -0.25) is 4.79 Å². The van der Waals surface area contributed by atoms with Crippen molar-refractivity contribution in [1.29, 1.82) is 0 Å². The standard InChI is InChI=1S/C24H20N2O4/c1-25-19-12-6-5-11-17(19)22-21(23(25)27)18(16-9-3-2-4-10-16)15-24(28,30-22)20-13-7-8-14-26(20)29/h2-14,18,28H,15H2,1H3/t18-,24?/m1/s1. The van der Waals surface area contributed by atoms with Gasteiger partial charge >= 0.3 is 0 Å². The molecular formula is C24H20N2O4. The molecule has 4 aromatic rings. The fourth-order valence-electron chi connectivity index (χ4n) is 4.35. The smallest absolute Gasteiger partial charge is 0.296 e. The molecule has 6 nitrogen and oxygen atoms in total. The van der Waals surface area contributed by atoms with E-state index in [0.717, 1.165) is 5.56 Å². The number of hydrogen-bond acceptors (Lipinski definition) is 4. The highest BCUT2D eigenvalue weighted by molar-refractivity contribution is 5.87. The predicted molar refractivity (Wildman–Crippen MR) is 112 cm³/mol. The zero-order valence-electron chi connectivity index (χ0n) is 16.4. The fraction of sp³-hybridized carbons (Fsp3) is 0.167. The lowest BCUT2D eigenvalue weighted by Crippen LogP contribution is -2.49. The van der Waals surface area contributed by atoms with E-state index in [1.54, 1.807) is 29.8 Å². The maximum Gasteiger partial charge on any atom is 0.296 e. The lowest BCUT2D eigenvalue weighted by atomic mass is 9.81. The molecule has 0 amide bonds. The van der Waals surface area contributed by atoms with Crippen LogP contribution in [0.5, 0.6) is 5.75 Å². The van der Waals surface area contributed by atoms with Gasteiger partial charge in [0.1, 0.15) is 5.75 Å². The highest BCUT2D eigenvalue weighted by Gasteiger charge is 2.48. The van der Waals surface area contributed by atoms with Gasteiger partial charge < -0.3 is 19.6 Å². The summed E-state index contributed by atoms with van der Waals surface area (Å²) < 4.78 is 8.32. The summed E-state index contributed by atoms with van der Waals surface area (Å²) in [4.78, 5) is 13.4. The number of rotatable bonds is 2. The van der Waals surface area contributed by atoms with Gasteiger partial charge in [0, 0.05) is 36.9 Å². The topological polar surface area (TPSA) is 78.4 Å². The van der Waals surface area contributed by atoms with Crippen molar-refractivity contribution in [2.45, 2.75) is 18.1 Å². The molecule has 1 aliphatic heterocycles. The first kappa shape index (κ1) is 18.4. The van der Waals surface area contributed by atoms with Gasteiger partial charge in [-0.05, 0) is 23.8 Å². The zero-order valence-corrected chi connectivity index (χ0v) is 16.4. The normalized spacial score (nSPS) is 20.5. The first-order valence-corrected chi connectivity index (χ1v) is 9.76. The largest absolute Gasteiger partial charge is 0.618 e. The first-order valence-electron chi connectivity index (χ1n) is 9.76. The number of benzene rings is 2. The van der Waals surface area contributed by atoms with Crippen LogP contribution in [0.4, 0.5) is 0 Å². The Morgan fingerprint density at radius 2 is 1.77 bits per heavy atom. The molecule has 0 saturated heterocycles. The molecule has 150 valence electrons. The molecule has 0 spiro atoms. The quantitative estimate of drug-likeness (QED) is 0.415. The molecule has 1 N–H and O–H groups in total. The highest BCUT2D eigenvalue weighted by Crippen LogP contribution is 2.47. The SMILES string of the molecule is Cn1c(=O)c2c(c3ccccc31)OC(O)(c1cccc[n+]1[O-])C[C@@H]2c1ccccc1. The number of aryl methyl sites for hydroxylation is 1. The van der Waals surface area contributed by atoms with Gasteiger partial charge in [-0.1, -0.05) is 42.5 Å². The van der Waals surface area contributed by atoms with E-state index >= 15 is 0 Å². The molecule has 1 unspecified atom stereocenters. The minimum absolute atomic E-state index is 0.0455. The Morgan fingerprint density at radius 3 is 2.53 bits per heavy atom. The molecule has 2 aromatic heterocycles. The Labute approximate surface area is 172 Å². The van der Waals surface area contributed by atoms with E-state index in [4.69, 9.17) is 4.74 Å². The van der Waals surface area contributed by atoms with Crippen molar-refractivity contribution in [1.82, 2.24) is 4.57 Å². The third-order valence-electron chi connectivity index (χ3n) is 5.82. The molecular weight excluding hydrogens is 380 g/mol. The molecule has 6 heteroatoms. The van der Waals surface area contributed by atoms with Crippen LogP contribution in [0.25, 0.3) is 10.9 Å². The van der Waals surface area contributed by atoms with E-state index < -0.39 is 11.7 Å². The van der Waals surface area contributed by atoms with E-state index in [9.17, 15) is 15.1 Å². The van der Waals surface area contributed by atoms with Crippen molar-refractivity contribution in [3.8, 4) is 5.75 Å². The number of pyridine rings is 2. The number of ether oxygens (including phenoxy) is 1. The van der Waals surface area contributed by atoms with Crippen LogP contribution in [0.1, 0.15) is 29.2 Å². The van der Waals surface area contributed by atoms with Gasteiger partial charge in [0.05, 0.1) is 11.1 Å². The number of hydrogen-bond donors (Lipinski definition) is 1. The Hall–Kier alpha value is -3.64. The summed E-state index contributed by atoms with van der Waals surface area (Å²) in [6.45, 7) is 0. The van der Waals surface area contributed by atoms with Crippen molar-refractivity contribution in [2.75, 3.05) is 0 Å². The van der Waals surface area contributed by atoms with E-state index in [1.165, 1.54) is 6.20 Å². The molecule has 30 heavy (non-hydrogen) atoms. The number of aliphatic hydroxyl groups is 1. The van der Waals surface area contributed by atoms with Crippen molar-refractivity contribution >= 4 is 10.9 Å². The lowest BCUT2D eigenvalue weighted by Gasteiger charge is -2.37. The van der Waals surface area contributed by atoms with Gasteiger partial charge in [-0.25, -0.2) is 0 Å². The van der Waals surface area contributed by atoms with E-state index in [0.29, 0.717) is 26.9 Å². The lowest BCUT2D eigenvalue weighted by molar-refractivity contribution is -0.628. The zero-order chi connectivity index (χ0) is 20.9. The summed E-state index contributed by atoms with van der Waals surface area (Å²) in [6.07, 6.45) is 1.37. The highest BCUT2D eigenvalue weighted by atomic mass is 16.6. The van der Waals surface area contributed by atoms with E-state index in [-0.39, 0.29) is 17.7 Å². The minimum atomic E-state index is -1.88. The average Bonchev–Trinajstić information content (AvgIpc) is 2.78. The molecule has 3 heterocycles. The van der Waals surface area contributed by atoms with Crippen LogP contribution in [-0.2, 0) is 12.8 Å². The first-order chi connectivity index (χ1) is 14.5. The second kappa shape index (κ2) is 6.71. The number of fused-ring (bicyclic) bond motifs is 3. The van der Waals surface area contributed by atoms with E-state index in [1.807, 2.05) is 54.6 Å². The van der Waals surface area contributed by atoms with Crippen LogP contribution in [-0.4, -0.2) is 9.67 Å². The van der Waals surface area contributed by atoms with Gasteiger partial charge in [-0.15, -0.1) is 0 Å². The second-order valence-electron chi connectivity index (χ2n) is 7.59. The Bertz CT molecular complexity index is 1320. The molecule has 5 rings (SSSR count). The van der Waals surface area contributed by atoms with Gasteiger partial charge in [0.2, 0.25) is 0 Å². The average molecular weight is 400 g/mol. The summed E-state index contributed by atoms with van der Waals surface area (Å²) in [7, 11) is 1.73. The summed E-state index contributed by atoms with van der Waals surface area (Å²) in [6, 6.07) is 21.8. The van der Waals surface area contributed by atoms with Gasteiger partial charge in [0.25, 0.3) is 17.0 Å². The molecule has 0 saturated carbocycles. The molecule has 2 aromatic carbocycles. The summed E-state index contributed by atoms with van der Waals surface area (Å²) in [5.74, 6) is -2.00. The van der Waals surface area contributed by atoms with Gasteiger partial charge in [-0.2, -0.15) is 4.73 Å². The number of para-hydroxylation sites is 1. The summed E-state index contributed by atoms with van der Waals surface area (Å²) in [5.41, 5.74) is 1.96. The molecule has 0 aliphatic carbocycles. The fourth-order valence-corrected chi connectivity index (χ4v) is 4.35. The van der Waals surface area contributed by atoms with Crippen LogP contribution in [0.15, 0.2) is 83.8 Å². The van der Waals surface area contributed by atoms with Crippen LogP contribution in [0.2, 0.25) is 0 Å². The van der Waals surface area contributed by atoms with Crippen molar-refractivity contribution in [3.05, 3.63) is 111 Å². The molecule has 0 fully saturated rings. The minimum Gasteiger partial charge on any atom is -0.618 e. The van der Waals surface area contributed by atoms with Crippen molar-refractivity contribution < 1.29 is 14.6 Å². The second-order valence-corrected chi connectivity index (χ2v) is 7.59. The van der Waals surface area contributed by atoms with Crippen LogP contribution >= 0.6 is 0 Å². The molecule has 1 aliphatic rings. The Balaban J connectivity index is 1.84. The van der Waals surface area contributed by atoms with Gasteiger partial charge in [0.15, 0.2) is 6.20 Å². The maximum absolute atomic E-state index is 13.4. The summed E-state index contributed by atoms with van der Waals surface area (Å²) >= 11 is 0. The third kappa shape index (κ3) is 2.69. The van der Waals surface area contributed by atoms with Crippen LogP contribution < -0.4 is 15.0 Å². The Morgan fingerprint density at radius 1 is 1.07 bits per heavy atom. The number of nitrogens with zero attached hydrogens (tertiary/aromatic N) is 2. The van der Waals surface area contributed by atoms with Crippen molar-refractivity contribution in [3.63, 3.8) is 0 Å². The molecule has 0 bridgehead atoms. The maximum atomic E-state index is 13.4. The monoisotopic (exact) mass is 400 g/mol. The van der Waals surface area contributed by atoms with Crippen molar-refractivity contribution in [2.24, 2.45) is 7.05 Å². The molecule has 0 radical (unpaired) electrons. The Kier molecular flexibility index (Phi) is 4.11. The number of aromatic nitrogens is 2. The van der Waals surface area contributed by atoms with E-state index in [2.05, 4.69) is 0 Å².